The molecule has 4 nitrogen and oxygen atoms in total. The molecule has 2 rings (SSSR count). The van der Waals surface area contributed by atoms with Crippen molar-refractivity contribution in [2.75, 3.05) is 26.3 Å². The smallest absolute Gasteiger partial charge is 0.310 e. The molecule has 1 atom stereocenters. The van der Waals surface area contributed by atoms with E-state index in [2.05, 4.69) is 4.90 Å². The van der Waals surface area contributed by atoms with Crippen molar-refractivity contribution in [3.63, 3.8) is 0 Å². The molecule has 0 spiro atoms. The molecule has 104 valence electrons. The highest BCUT2D eigenvalue weighted by Gasteiger charge is 2.17. The van der Waals surface area contributed by atoms with Gasteiger partial charge in [-0.1, -0.05) is 12.1 Å². The molecule has 0 amide bonds. The number of halogens is 1. The second-order valence-corrected chi connectivity index (χ2v) is 4.80. The molecule has 1 saturated heterocycles. The van der Waals surface area contributed by atoms with Gasteiger partial charge in [0, 0.05) is 25.2 Å². The lowest BCUT2D eigenvalue weighted by atomic mass is 9.99. The minimum absolute atomic E-state index is 0.336. The lowest BCUT2D eigenvalue weighted by molar-refractivity contribution is -0.138. The quantitative estimate of drug-likeness (QED) is 0.904. The fourth-order valence-corrected chi connectivity index (χ4v) is 2.10. The topological polar surface area (TPSA) is 49.8 Å². The number of nitrogens with zero attached hydrogens (tertiary/aromatic N) is 1. The van der Waals surface area contributed by atoms with Gasteiger partial charge in [0.1, 0.15) is 5.82 Å². The molecular formula is C14H18FNO3. The van der Waals surface area contributed by atoms with Crippen LogP contribution in [0.2, 0.25) is 0 Å². The first kappa shape index (κ1) is 14.0. The highest BCUT2D eigenvalue weighted by Crippen LogP contribution is 2.20. The maximum absolute atomic E-state index is 14.0. The minimum atomic E-state index is -0.944. The molecule has 1 unspecified atom stereocenters. The zero-order chi connectivity index (χ0) is 13.8. The second-order valence-electron chi connectivity index (χ2n) is 4.80. The second kappa shape index (κ2) is 6.12. The zero-order valence-electron chi connectivity index (χ0n) is 10.9. The Morgan fingerprint density at radius 3 is 2.74 bits per heavy atom. The summed E-state index contributed by atoms with van der Waals surface area (Å²) in [5.74, 6) is -1.97. The van der Waals surface area contributed by atoms with E-state index in [0.717, 1.165) is 13.1 Å². The molecule has 19 heavy (non-hydrogen) atoms. The first-order chi connectivity index (χ1) is 9.08. The van der Waals surface area contributed by atoms with Gasteiger partial charge in [0.2, 0.25) is 0 Å². The van der Waals surface area contributed by atoms with Gasteiger partial charge in [-0.15, -0.1) is 0 Å². The summed E-state index contributed by atoms with van der Waals surface area (Å²) in [6, 6.07) is 4.70. The van der Waals surface area contributed by atoms with E-state index >= 15 is 0 Å². The van der Waals surface area contributed by atoms with Crippen molar-refractivity contribution in [1.29, 1.82) is 0 Å². The Morgan fingerprint density at radius 2 is 2.16 bits per heavy atom. The van der Waals surface area contributed by atoms with Crippen LogP contribution in [0.25, 0.3) is 0 Å². The van der Waals surface area contributed by atoms with Gasteiger partial charge in [-0.05, 0) is 18.6 Å². The number of aliphatic carboxylic acids is 1. The van der Waals surface area contributed by atoms with Gasteiger partial charge in [0.05, 0.1) is 19.1 Å². The number of morpholine rings is 1. The van der Waals surface area contributed by atoms with Crippen LogP contribution in [-0.2, 0) is 16.1 Å². The molecule has 0 aromatic heterocycles. The van der Waals surface area contributed by atoms with Gasteiger partial charge in [-0.3, -0.25) is 9.69 Å². The third-order valence-electron chi connectivity index (χ3n) is 3.45. The van der Waals surface area contributed by atoms with Gasteiger partial charge in [0.25, 0.3) is 0 Å². The average Bonchev–Trinajstić information content (AvgIpc) is 2.41. The normalized spacial score (nSPS) is 18.2. The number of hydrogen-bond acceptors (Lipinski definition) is 3. The van der Waals surface area contributed by atoms with Crippen LogP contribution in [0.5, 0.6) is 0 Å². The molecular weight excluding hydrogens is 249 g/mol. The Labute approximate surface area is 111 Å². The fourth-order valence-electron chi connectivity index (χ4n) is 2.10. The molecule has 1 aromatic rings. The standard InChI is InChI=1S/C14H18FNO3/c1-10(14(17)18)11-2-3-12(13(15)8-11)9-16-4-6-19-7-5-16/h2-3,8,10H,4-7,9H2,1H3,(H,17,18). The van der Waals surface area contributed by atoms with Gasteiger partial charge in [0.15, 0.2) is 0 Å². The van der Waals surface area contributed by atoms with Crippen molar-refractivity contribution in [2.24, 2.45) is 0 Å². The molecule has 5 heteroatoms. The molecule has 1 aliphatic rings. The zero-order valence-corrected chi connectivity index (χ0v) is 10.9. The molecule has 0 aliphatic carbocycles. The lowest BCUT2D eigenvalue weighted by Crippen LogP contribution is -2.35. The van der Waals surface area contributed by atoms with E-state index in [1.54, 1.807) is 19.1 Å². The highest BCUT2D eigenvalue weighted by molar-refractivity contribution is 5.75. The summed E-state index contributed by atoms with van der Waals surface area (Å²) in [6.07, 6.45) is 0. The first-order valence-corrected chi connectivity index (χ1v) is 6.39. The van der Waals surface area contributed by atoms with Crippen LogP contribution in [0.3, 0.4) is 0 Å². The van der Waals surface area contributed by atoms with Gasteiger partial charge < -0.3 is 9.84 Å². The molecule has 1 fully saturated rings. The van der Waals surface area contributed by atoms with Crippen molar-refractivity contribution < 1.29 is 19.0 Å². The number of benzene rings is 1. The maximum atomic E-state index is 14.0. The lowest BCUT2D eigenvalue weighted by Gasteiger charge is -2.26. The number of ether oxygens (including phenoxy) is 1. The predicted molar refractivity (Wildman–Crippen MR) is 68.5 cm³/mol. The van der Waals surface area contributed by atoms with E-state index in [-0.39, 0.29) is 5.82 Å². The summed E-state index contributed by atoms with van der Waals surface area (Å²) < 4.78 is 19.2. The van der Waals surface area contributed by atoms with Crippen molar-refractivity contribution in [2.45, 2.75) is 19.4 Å². The van der Waals surface area contributed by atoms with Crippen LogP contribution in [0.4, 0.5) is 4.39 Å². The third kappa shape index (κ3) is 3.52. The average molecular weight is 267 g/mol. The summed E-state index contributed by atoms with van der Waals surface area (Å²) in [5, 5.41) is 8.91. The summed E-state index contributed by atoms with van der Waals surface area (Å²) in [5.41, 5.74) is 1.10. The van der Waals surface area contributed by atoms with Crippen molar-refractivity contribution in [3.05, 3.63) is 35.1 Å². The molecule has 1 aromatic carbocycles. The van der Waals surface area contributed by atoms with Crippen LogP contribution in [0, 0.1) is 5.82 Å². The SMILES string of the molecule is CC(C(=O)O)c1ccc(CN2CCOCC2)c(F)c1. The van der Waals surface area contributed by atoms with Gasteiger partial charge in [-0.25, -0.2) is 4.39 Å². The van der Waals surface area contributed by atoms with E-state index in [1.165, 1.54) is 6.07 Å². The van der Waals surface area contributed by atoms with Crippen molar-refractivity contribution in [1.82, 2.24) is 4.90 Å². The molecule has 0 saturated carbocycles. The summed E-state index contributed by atoms with van der Waals surface area (Å²) in [4.78, 5) is 13.0. The van der Waals surface area contributed by atoms with E-state index in [1.807, 2.05) is 0 Å². The Kier molecular flexibility index (Phi) is 4.50. The molecule has 1 heterocycles. The molecule has 1 N–H and O–H groups in total. The summed E-state index contributed by atoms with van der Waals surface area (Å²) in [7, 11) is 0. The van der Waals surface area contributed by atoms with Crippen LogP contribution < -0.4 is 0 Å². The molecule has 0 radical (unpaired) electrons. The largest absolute Gasteiger partial charge is 0.481 e. The molecule has 1 aliphatic heterocycles. The summed E-state index contributed by atoms with van der Waals surface area (Å²) in [6.45, 7) is 5.04. The Bertz CT molecular complexity index is 458. The van der Waals surface area contributed by atoms with Crippen molar-refractivity contribution >= 4 is 5.97 Å². The number of carbonyl (C=O) groups is 1. The van der Waals surface area contributed by atoms with Crippen LogP contribution in [-0.4, -0.2) is 42.3 Å². The Balaban J connectivity index is 2.08. The predicted octanol–water partition coefficient (Wildman–Crippen LogP) is 1.85. The van der Waals surface area contributed by atoms with Crippen molar-refractivity contribution in [3.8, 4) is 0 Å². The number of hydrogen-bond donors (Lipinski definition) is 1. The van der Waals surface area contributed by atoms with Crippen LogP contribution >= 0.6 is 0 Å². The number of carboxylic acid groups (broad SMARTS) is 1. The summed E-state index contributed by atoms with van der Waals surface area (Å²) >= 11 is 0. The van der Waals surface area contributed by atoms with Gasteiger partial charge >= 0.3 is 5.97 Å². The van der Waals surface area contributed by atoms with Crippen LogP contribution in [0.15, 0.2) is 18.2 Å². The minimum Gasteiger partial charge on any atom is -0.481 e. The first-order valence-electron chi connectivity index (χ1n) is 6.39. The number of carboxylic acids is 1. The Morgan fingerprint density at radius 1 is 1.47 bits per heavy atom. The Hall–Kier alpha value is -1.46. The number of rotatable bonds is 4. The third-order valence-corrected chi connectivity index (χ3v) is 3.45. The van der Waals surface area contributed by atoms with Crippen LogP contribution in [0.1, 0.15) is 24.0 Å². The van der Waals surface area contributed by atoms with E-state index in [0.29, 0.717) is 30.9 Å². The van der Waals surface area contributed by atoms with E-state index in [9.17, 15) is 9.18 Å². The molecule has 0 bridgehead atoms. The maximum Gasteiger partial charge on any atom is 0.310 e. The van der Waals surface area contributed by atoms with E-state index in [4.69, 9.17) is 9.84 Å². The highest BCUT2D eigenvalue weighted by atomic mass is 19.1. The fraction of sp³-hybridized carbons (Fsp3) is 0.500. The monoisotopic (exact) mass is 267 g/mol. The van der Waals surface area contributed by atoms with Gasteiger partial charge in [-0.2, -0.15) is 0 Å². The van der Waals surface area contributed by atoms with E-state index < -0.39 is 11.9 Å².